The molecule has 0 heterocycles. The SMILES string of the molecule is CCCCCCCCCCCCCCCCCCC(=O)OC(COCCCCCCCCCC)COP(=O)(O)OCC[N+](C)(C)C. The highest BCUT2D eigenvalue weighted by Crippen LogP contribution is 2.43. The second kappa shape index (κ2) is 31.7. The van der Waals surface area contributed by atoms with E-state index < -0.39 is 13.9 Å². The number of carbonyl (C=O) groups excluding carboxylic acids is 1. The second-order valence-corrected chi connectivity index (χ2v) is 15.8. The molecule has 0 aliphatic rings. The Bertz CT molecular complexity index is 716. The van der Waals surface area contributed by atoms with Crippen molar-refractivity contribution >= 4 is 13.8 Å². The fraction of sp³-hybridized carbons (Fsp3) is 0.973. The smallest absolute Gasteiger partial charge is 0.457 e. The Morgan fingerprint density at radius 2 is 1.00 bits per heavy atom. The summed E-state index contributed by atoms with van der Waals surface area (Å²) in [7, 11) is 1.68. The number of phosphoric acid groups is 1. The van der Waals surface area contributed by atoms with Gasteiger partial charge in [0.05, 0.1) is 34.4 Å². The summed E-state index contributed by atoms with van der Waals surface area (Å²) in [6.07, 6.45) is 29.8. The number of hydrogen-bond acceptors (Lipinski definition) is 6. The normalized spacial score (nSPS) is 14.0. The van der Waals surface area contributed by atoms with Crippen molar-refractivity contribution in [3.8, 4) is 0 Å². The van der Waals surface area contributed by atoms with Crippen LogP contribution in [0.3, 0.4) is 0 Å². The molecule has 8 nitrogen and oxygen atoms in total. The molecular weight excluding hydrogens is 601 g/mol. The molecule has 2 unspecified atom stereocenters. The molecule has 276 valence electrons. The number of esters is 1. The van der Waals surface area contributed by atoms with Crippen LogP contribution in [-0.4, -0.2) is 75.6 Å². The van der Waals surface area contributed by atoms with E-state index in [0.29, 0.717) is 24.1 Å². The van der Waals surface area contributed by atoms with Gasteiger partial charge >= 0.3 is 13.8 Å². The van der Waals surface area contributed by atoms with E-state index >= 15 is 0 Å². The summed E-state index contributed by atoms with van der Waals surface area (Å²) < 4.78 is 34.8. The number of phosphoric ester groups is 1. The third kappa shape index (κ3) is 34.8. The number of likely N-dealkylation sites (N-methyl/N-ethyl adjacent to an activating group) is 1. The van der Waals surface area contributed by atoms with Gasteiger partial charge in [-0.3, -0.25) is 13.8 Å². The maximum atomic E-state index is 12.6. The first-order valence-electron chi connectivity index (χ1n) is 19.3. The van der Waals surface area contributed by atoms with E-state index in [1.807, 2.05) is 21.1 Å². The van der Waals surface area contributed by atoms with Crippen LogP contribution in [0, 0.1) is 0 Å². The Kier molecular flexibility index (Phi) is 31.4. The molecule has 0 aromatic rings. The molecule has 0 rings (SSSR count). The summed E-state index contributed by atoms with van der Waals surface area (Å²) in [5, 5.41) is 0. The van der Waals surface area contributed by atoms with E-state index in [2.05, 4.69) is 13.8 Å². The molecule has 1 N–H and O–H groups in total. The van der Waals surface area contributed by atoms with Crippen LogP contribution in [0.15, 0.2) is 0 Å². The number of unbranched alkanes of at least 4 members (excludes halogenated alkanes) is 22. The molecule has 46 heavy (non-hydrogen) atoms. The first kappa shape index (κ1) is 45.5. The van der Waals surface area contributed by atoms with Crippen molar-refractivity contribution in [2.45, 2.75) is 180 Å². The van der Waals surface area contributed by atoms with Crippen LogP contribution in [0.25, 0.3) is 0 Å². The zero-order chi connectivity index (χ0) is 34.2. The predicted octanol–water partition coefficient (Wildman–Crippen LogP) is 10.5. The average Bonchev–Trinajstić information content (AvgIpc) is 2.99. The van der Waals surface area contributed by atoms with Crippen LogP contribution < -0.4 is 0 Å². The fourth-order valence-corrected chi connectivity index (χ4v) is 6.12. The molecule has 0 radical (unpaired) electrons. The molecular formula is C37H77NO7P+. The van der Waals surface area contributed by atoms with Crippen LogP contribution in [0.5, 0.6) is 0 Å². The van der Waals surface area contributed by atoms with Crippen molar-refractivity contribution in [2.75, 3.05) is 54.1 Å². The molecule has 0 aliphatic carbocycles. The highest BCUT2D eigenvalue weighted by molar-refractivity contribution is 7.47. The number of nitrogens with zero attached hydrogens (tertiary/aromatic N) is 1. The van der Waals surface area contributed by atoms with E-state index in [-0.39, 0.29) is 25.8 Å². The summed E-state index contributed by atoms with van der Waals surface area (Å²) in [6.45, 7) is 5.63. The van der Waals surface area contributed by atoms with Crippen LogP contribution in [-0.2, 0) is 27.9 Å². The number of carbonyl (C=O) groups is 1. The van der Waals surface area contributed by atoms with Crippen molar-refractivity contribution in [1.82, 2.24) is 0 Å². The molecule has 0 spiro atoms. The minimum atomic E-state index is -4.25. The molecule has 9 heteroatoms. The Labute approximate surface area is 285 Å². The molecule has 0 amide bonds. The lowest BCUT2D eigenvalue weighted by atomic mass is 10.0. The van der Waals surface area contributed by atoms with E-state index in [9.17, 15) is 14.3 Å². The molecule has 0 aromatic carbocycles. The highest BCUT2D eigenvalue weighted by Gasteiger charge is 2.26. The molecule has 0 bridgehead atoms. The van der Waals surface area contributed by atoms with Crippen molar-refractivity contribution in [1.29, 1.82) is 0 Å². The third-order valence-electron chi connectivity index (χ3n) is 8.42. The van der Waals surface area contributed by atoms with Crippen molar-refractivity contribution in [3.05, 3.63) is 0 Å². The topological polar surface area (TPSA) is 91.3 Å². The van der Waals surface area contributed by atoms with Gasteiger partial charge in [-0.2, -0.15) is 0 Å². The van der Waals surface area contributed by atoms with Gasteiger partial charge in [-0.05, 0) is 12.8 Å². The maximum absolute atomic E-state index is 12.6. The lowest BCUT2D eigenvalue weighted by molar-refractivity contribution is -0.870. The number of ether oxygens (including phenoxy) is 2. The lowest BCUT2D eigenvalue weighted by Crippen LogP contribution is -2.37. The Hall–Kier alpha value is -0.500. The van der Waals surface area contributed by atoms with E-state index in [4.69, 9.17) is 18.5 Å². The minimum absolute atomic E-state index is 0.0932. The molecule has 0 saturated carbocycles. The quantitative estimate of drug-likeness (QED) is 0.0305. The number of hydrogen-bond donors (Lipinski definition) is 1. The maximum Gasteiger partial charge on any atom is 0.472 e. The summed E-state index contributed by atoms with van der Waals surface area (Å²) in [5.74, 6) is -0.312. The van der Waals surface area contributed by atoms with Gasteiger partial charge in [-0.25, -0.2) is 4.57 Å². The first-order valence-corrected chi connectivity index (χ1v) is 20.8. The molecule has 0 fully saturated rings. The van der Waals surface area contributed by atoms with Gasteiger partial charge < -0.3 is 18.9 Å². The zero-order valence-corrected chi connectivity index (χ0v) is 32.0. The van der Waals surface area contributed by atoms with E-state index in [0.717, 1.165) is 32.1 Å². The molecule has 0 aromatic heterocycles. The van der Waals surface area contributed by atoms with Gasteiger partial charge in [0.15, 0.2) is 0 Å². The van der Waals surface area contributed by atoms with Gasteiger partial charge in [0, 0.05) is 13.0 Å². The standard InChI is InChI=1S/C37H76NO7P/c1-6-8-10-12-14-16-17-18-19-20-21-22-23-24-26-28-30-37(39)45-36(34-42-32-29-27-25-15-13-11-9-7-2)35-44-46(40,41)43-33-31-38(3,4)5/h36H,6-35H2,1-5H3/p+1. The molecule has 0 saturated heterocycles. The van der Waals surface area contributed by atoms with Gasteiger partial charge in [0.1, 0.15) is 19.3 Å². The van der Waals surface area contributed by atoms with Gasteiger partial charge in [-0.15, -0.1) is 0 Å². The monoisotopic (exact) mass is 679 g/mol. The van der Waals surface area contributed by atoms with E-state index in [1.165, 1.54) is 122 Å². The molecule has 0 aliphatic heterocycles. The van der Waals surface area contributed by atoms with Gasteiger partial charge in [0.25, 0.3) is 0 Å². The van der Waals surface area contributed by atoms with Gasteiger partial charge in [-0.1, -0.05) is 155 Å². The molecule has 2 atom stereocenters. The summed E-state index contributed by atoms with van der Waals surface area (Å²) in [5.41, 5.74) is 0. The summed E-state index contributed by atoms with van der Waals surface area (Å²) >= 11 is 0. The Balaban J connectivity index is 4.19. The van der Waals surface area contributed by atoms with E-state index in [1.54, 1.807) is 0 Å². The van der Waals surface area contributed by atoms with Crippen LogP contribution in [0.2, 0.25) is 0 Å². The number of quaternary nitrogens is 1. The fourth-order valence-electron chi connectivity index (χ4n) is 5.38. The predicted molar refractivity (Wildman–Crippen MR) is 192 cm³/mol. The largest absolute Gasteiger partial charge is 0.472 e. The third-order valence-corrected chi connectivity index (χ3v) is 9.40. The Morgan fingerprint density at radius 1 is 0.587 bits per heavy atom. The van der Waals surface area contributed by atoms with Crippen LogP contribution >= 0.6 is 7.82 Å². The highest BCUT2D eigenvalue weighted by atomic mass is 31.2. The summed E-state index contributed by atoms with van der Waals surface area (Å²) in [6, 6.07) is 0. The number of rotatable bonds is 36. The van der Waals surface area contributed by atoms with Crippen molar-refractivity contribution in [3.63, 3.8) is 0 Å². The second-order valence-electron chi connectivity index (χ2n) is 14.3. The Morgan fingerprint density at radius 3 is 1.43 bits per heavy atom. The first-order chi connectivity index (χ1) is 22.1. The minimum Gasteiger partial charge on any atom is -0.457 e. The lowest BCUT2D eigenvalue weighted by Gasteiger charge is -2.24. The van der Waals surface area contributed by atoms with Crippen LogP contribution in [0.1, 0.15) is 174 Å². The van der Waals surface area contributed by atoms with Crippen molar-refractivity contribution < 1.29 is 37.3 Å². The zero-order valence-electron chi connectivity index (χ0n) is 31.1. The summed E-state index contributed by atoms with van der Waals surface area (Å²) in [4.78, 5) is 22.7. The van der Waals surface area contributed by atoms with Crippen LogP contribution in [0.4, 0.5) is 0 Å². The van der Waals surface area contributed by atoms with Gasteiger partial charge in [0.2, 0.25) is 0 Å². The van der Waals surface area contributed by atoms with Crippen molar-refractivity contribution in [2.24, 2.45) is 0 Å². The average molecular weight is 679 g/mol.